The number of methoxy groups -OCH3 is 1. The van der Waals surface area contributed by atoms with Gasteiger partial charge in [-0.15, -0.1) is 5.10 Å². The monoisotopic (exact) mass is 321 g/mol. The summed E-state index contributed by atoms with van der Waals surface area (Å²) in [6, 6.07) is 1.75. The summed E-state index contributed by atoms with van der Waals surface area (Å²) in [6.07, 6.45) is 2.74. The van der Waals surface area contributed by atoms with Crippen LogP contribution in [-0.2, 0) is 4.74 Å². The van der Waals surface area contributed by atoms with Gasteiger partial charge in [-0.05, 0) is 39.2 Å². The Morgan fingerprint density at radius 3 is 2.74 bits per heavy atom. The molecule has 0 saturated carbocycles. The summed E-state index contributed by atoms with van der Waals surface area (Å²) in [7, 11) is 5.50. The van der Waals surface area contributed by atoms with Crippen molar-refractivity contribution in [2.45, 2.75) is 38.7 Å². The van der Waals surface area contributed by atoms with Crippen molar-refractivity contribution in [1.29, 1.82) is 0 Å². The predicted octanol–water partition coefficient (Wildman–Crippen LogP) is 2.27. The van der Waals surface area contributed by atoms with Gasteiger partial charge in [0.25, 0.3) is 0 Å². The van der Waals surface area contributed by atoms with Crippen LogP contribution in [0.5, 0.6) is 0 Å². The molecule has 1 aromatic heterocycles. The van der Waals surface area contributed by atoms with E-state index in [1.165, 1.54) is 0 Å². The second kappa shape index (κ2) is 7.12. The lowest BCUT2D eigenvalue weighted by molar-refractivity contribution is -0.00491. The van der Waals surface area contributed by atoms with Gasteiger partial charge in [0.15, 0.2) is 5.82 Å². The quantitative estimate of drug-likeness (QED) is 0.925. The highest BCUT2D eigenvalue weighted by molar-refractivity contribution is 5.92. The zero-order valence-corrected chi connectivity index (χ0v) is 14.7. The lowest BCUT2D eigenvalue weighted by atomic mass is 9.97. The van der Waals surface area contributed by atoms with Gasteiger partial charge >= 0.3 is 6.03 Å². The number of nitrogens with zero attached hydrogens (tertiary/aromatic N) is 4. The van der Waals surface area contributed by atoms with Gasteiger partial charge in [0.2, 0.25) is 0 Å². The molecule has 7 nitrogen and oxygen atoms in total. The van der Waals surface area contributed by atoms with E-state index in [1.54, 1.807) is 7.11 Å². The molecule has 23 heavy (non-hydrogen) atoms. The van der Waals surface area contributed by atoms with Gasteiger partial charge in [0.05, 0.1) is 17.0 Å². The molecule has 1 aromatic rings. The third-order valence-electron chi connectivity index (χ3n) is 4.39. The predicted molar refractivity (Wildman–Crippen MR) is 91.0 cm³/mol. The highest BCUT2D eigenvalue weighted by Crippen LogP contribution is 2.26. The molecule has 0 spiro atoms. The summed E-state index contributed by atoms with van der Waals surface area (Å²) in [5, 5.41) is 11.2. The Bertz CT molecular complexity index is 563. The zero-order chi connectivity index (χ0) is 17.0. The average Bonchev–Trinajstić information content (AvgIpc) is 2.69. The number of hydrogen-bond acceptors (Lipinski definition) is 5. The fraction of sp³-hybridized carbons (Fsp3) is 0.688. The Kier molecular flexibility index (Phi) is 5.41. The minimum atomic E-state index is -0.140. The number of ether oxygens (including phenoxy) is 1. The molecular formula is C16H27N5O2. The number of anilines is 2. The van der Waals surface area contributed by atoms with E-state index in [4.69, 9.17) is 4.74 Å². The van der Waals surface area contributed by atoms with Crippen molar-refractivity contribution in [3.8, 4) is 0 Å². The molecule has 1 N–H and O–H groups in total. The number of aryl methyl sites for hydroxylation is 1. The number of rotatable bonds is 3. The normalized spacial score (nSPS) is 21.7. The number of likely N-dealkylation sites (tertiary alicyclic amines) is 1. The van der Waals surface area contributed by atoms with Gasteiger partial charge in [-0.1, -0.05) is 0 Å². The fourth-order valence-corrected chi connectivity index (χ4v) is 2.76. The second-order valence-electron chi connectivity index (χ2n) is 6.54. The summed E-state index contributed by atoms with van der Waals surface area (Å²) in [5.41, 5.74) is 1.32. The van der Waals surface area contributed by atoms with E-state index in [2.05, 4.69) is 22.4 Å². The summed E-state index contributed by atoms with van der Waals surface area (Å²) >= 11 is 0. The number of hydrogen-bond donors (Lipinski definition) is 1. The third-order valence-corrected chi connectivity index (χ3v) is 4.39. The van der Waals surface area contributed by atoms with Crippen molar-refractivity contribution in [3.63, 3.8) is 0 Å². The van der Waals surface area contributed by atoms with Crippen LogP contribution in [-0.4, -0.2) is 61.0 Å². The van der Waals surface area contributed by atoms with E-state index in [1.807, 2.05) is 36.9 Å². The van der Waals surface area contributed by atoms with E-state index in [0.29, 0.717) is 18.1 Å². The summed E-state index contributed by atoms with van der Waals surface area (Å²) in [4.78, 5) is 16.3. The van der Waals surface area contributed by atoms with Crippen molar-refractivity contribution in [3.05, 3.63) is 11.8 Å². The van der Waals surface area contributed by atoms with Crippen molar-refractivity contribution < 1.29 is 9.53 Å². The third kappa shape index (κ3) is 4.31. The molecule has 0 aromatic carbocycles. The van der Waals surface area contributed by atoms with E-state index >= 15 is 0 Å². The molecule has 128 valence electrons. The van der Waals surface area contributed by atoms with Crippen LogP contribution in [0.3, 0.4) is 0 Å². The zero-order valence-electron chi connectivity index (χ0n) is 14.7. The SMILES string of the molecule is COC1(C)CCCN(C(=O)Nc2cc(C)nnc2N(C)C)CC1. The van der Waals surface area contributed by atoms with E-state index in [9.17, 15) is 4.79 Å². The standard InChI is InChI=1S/C16H27N5O2/c1-12-11-13(14(19-18-12)20(3)4)17-15(22)21-9-6-7-16(2,23-5)8-10-21/h11H,6-10H2,1-5H3,(H,17,18,22). The number of carbonyl (C=O) groups excluding carboxylic acids is 1. The summed E-state index contributed by atoms with van der Waals surface area (Å²) in [6.45, 7) is 5.39. The Hall–Kier alpha value is -1.89. The molecule has 0 radical (unpaired) electrons. The highest BCUT2D eigenvalue weighted by Gasteiger charge is 2.29. The van der Waals surface area contributed by atoms with Crippen LogP contribution in [0.25, 0.3) is 0 Å². The Morgan fingerprint density at radius 2 is 2.09 bits per heavy atom. The first kappa shape index (κ1) is 17.5. The molecule has 2 rings (SSSR count). The Labute approximate surface area is 138 Å². The molecule has 1 fully saturated rings. The van der Waals surface area contributed by atoms with Gasteiger partial charge in [0.1, 0.15) is 0 Å². The van der Waals surface area contributed by atoms with Crippen molar-refractivity contribution >= 4 is 17.5 Å². The highest BCUT2D eigenvalue weighted by atomic mass is 16.5. The van der Waals surface area contributed by atoms with Crippen LogP contribution in [0.2, 0.25) is 0 Å². The number of aromatic nitrogens is 2. The second-order valence-corrected chi connectivity index (χ2v) is 6.54. The lowest BCUT2D eigenvalue weighted by Crippen LogP contribution is -2.37. The molecule has 2 amide bonds. The van der Waals surface area contributed by atoms with Crippen LogP contribution in [0.1, 0.15) is 31.9 Å². The molecular weight excluding hydrogens is 294 g/mol. The summed E-state index contributed by atoms with van der Waals surface area (Å²) < 4.78 is 5.59. The molecule has 0 aliphatic carbocycles. The van der Waals surface area contributed by atoms with Gasteiger partial charge < -0.3 is 19.9 Å². The van der Waals surface area contributed by atoms with Crippen molar-refractivity contribution in [2.24, 2.45) is 0 Å². The largest absolute Gasteiger partial charge is 0.378 e. The topological polar surface area (TPSA) is 70.6 Å². The molecule has 0 bridgehead atoms. The van der Waals surface area contributed by atoms with Crippen LogP contribution < -0.4 is 10.2 Å². The van der Waals surface area contributed by atoms with Crippen LogP contribution in [0, 0.1) is 6.92 Å². The maximum absolute atomic E-state index is 12.6. The first-order valence-corrected chi connectivity index (χ1v) is 7.97. The number of carbonyl (C=O) groups is 1. The first-order valence-electron chi connectivity index (χ1n) is 7.97. The number of amides is 2. The molecule has 2 heterocycles. The van der Waals surface area contributed by atoms with Crippen LogP contribution >= 0.6 is 0 Å². The molecule has 1 aliphatic heterocycles. The van der Waals surface area contributed by atoms with Gasteiger partial charge in [-0.3, -0.25) is 0 Å². The lowest BCUT2D eigenvalue weighted by Gasteiger charge is -2.27. The van der Waals surface area contributed by atoms with Crippen LogP contribution in [0.4, 0.5) is 16.3 Å². The smallest absolute Gasteiger partial charge is 0.321 e. The van der Waals surface area contributed by atoms with Crippen molar-refractivity contribution in [1.82, 2.24) is 15.1 Å². The minimum Gasteiger partial charge on any atom is -0.378 e. The number of nitrogens with one attached hydrogen (secondary N) is 1. The Morgan fingerprint density at radius 1 is 1.35 bits per heavy atom. The average molecular weight is 321 g/mol. The molecule has 1 aliphatic rings. The maximum Gasteiger partial charge on any atom is 0.321 e. The van der Waals surface area contributed by atoms with Gasteiger partial charge in [0, 0.05) is 34.3 Å². The molecule has 1 saturated heterocycles. The molecule has 7 heteroatoms. The van der Waals surface area contributed by atoms with Gasteiger partial charge in [-0.25, -0.2) is 4.79 Å². The first-order chi connectivity index (χ1) is 10.8. The maximum atomic E-state index is 12.6. The van der Waals surface area contributed by atoms with Gasteiger partial charge in [-0.2, -0.15) is 5.10 Å². The number of urea groups is 1. The van der Waals surface area contributed by atoms with E-state index in [-0.39, 0.29) is 11.6 Å². The van der Waals surface area contributed by atoms with E-state index < -0.39 is 0 Å². The van der Waals surface area contributed by atoms with E-state index in [0.717, 1.165) is 31.5 Å². The summed E-state index contributed by atoms with van der Waals surface area (Å²) in [5.74, 6) is 0.653. The Balaban J connectivity index is 2.09. The molecule has 1 unspecified atom stereocenters. The van der Waals surface area contributed by atoms with Crippen molar-refractivity contribution in [2.75, 3.05) is 44.5 Å². The fourth-order valence-electron chi connectivity index (χ4n) is 2.76. The van der Waals surface area contributed by atoms with Crippen LogP contribution in [0.15, 0.2) is 6.07 Å². The molecule has 1 atom stereocenters. The minimum absolute atomic E-state index is 0.0964.